The number of nitrogens with zero attached hydrogens (tertiary/aromatic N) is 4. The van der Waals surface area contributed by atoms with E-state index < -0.39 is 5.97 Å². The zero-order chi connectivity index (χ0) is 26.0. The Bertz CT molecular complexity index is 1070. The van der Waals surface area contributed by atoms with E-state index in [0.717, 1.165) is 56.1 Å². The van der Waals surface area contributed by atoms with Crippen molar-refractivity contribution in [2.24, 2.45) is 5.92 Å². The molecule has 0 bridgehead atoms. The summed E-state index contributed by atoms with van der Waals surface area (Å²) in [7, 11) is 3.11. The van der Waals surface area contributed by atoms with Gasteiger partial charge in [0.25, 0.3) is 0 Å². The molecule has 9 nitrogen and oxygen atoms in total. The Morgan fingerprint density at radius 2 is 1.86 bits per heavy atom. The first-order valence-corrected chi connectivity index (χ1v) is 13.1. The molecular weight excluding hydrogens is 470 g/mol. The van der Waals surface area contributed by atoms with Gasteiger partial charge in [-0.15, -0.1) is 0 Å². The number of aromatic nitrogens is 3. The summed E-state index contributed by atoms with van der Waals surface area (Å²) in [6, 6.07) is 4.02. The molecule has 2 aromatic heterocycles. The normalized spacial score (nSPS) is 20.3. The van der Waals surface area contributed by atoms with E-state index in [2.05, 4.69) is 25.0 Å². The molecule has 0 aliphatic heterocycles. The molecule has 0 radical (unpaired) electrons. The third-order valence-corrected chi connectivity index (χ3v) is 7.25. The lowest BCUT2D eigenvalue weighted by Gasteiger charge is -2.28. The second kappa shape index (κ2) is 13.4. The molecule has 37 heavy (non-hydrogen) atoms. The van der Waals surface area contributed by atoms with Crippen molar-refractivity contribution in [2.45, 2.75) is 76.6 Å². The Hall–Kier alpha value is -3.17. The van der Waals surface area contributed by atoms with Crippen LogP contribution in [0.5, 0.6) is 0 Å². The van der Waals surface area contributed by atoms with Crippen LogP contribution in [0.4, 0.5) is 5.82 Å². The fourth-order valence-electron chi connectivity index (χ4n) is 5.06. The number of nitrogens with one attached hydrogen (secondary N) is 1. The predicted octanol–water partition coefficient (Wildman–Crippen LogP) is 3.83. The van der Waals surface area contributed by atoms with Crippen LogP contribution in [0, 0.1) is 5.92 Å². The van der Waals surface area contributed by atoms with E-state index in [-0.39, 0.29) is 18.4 Å². The second-order valence-corrected chi connectivity index (χ2v) is 9.82. The first kappa shape index (κ1) is 26.9. The van der Waals surface area contributed by atoms with Crippen LogP contribution in [0.3, 0.4) is 0 Å². The Morgan fingerprint density at radius 1 is 1.08 bits per heavy atom. The standard InChI is InChI=1S/C28H37N5O4/c1-36-24-10-9-23(15-24)30-16-21-17-31-25(32-18-21)19-33(28(35)22-6-4-3-5-7-22)26-14-20(12-13-29-26)8-11-27(34)37-2/h8,11-14,17-18,22-24,30H,3-7,9-10,15-16,19H2,1-2H3/b11-8+. The van der Waals surface area contributed by atoms with Gasteiger partial charge in [0.05, 0.1) is 19.8 Å². The Morgan fingerprint density at radius 3 is 2.57 bits per heavy atom. The lowest BCUT2D eigenvalue weighted by molar-refractivity contribution is -0.134. The molecule has 2 unspecified atom stereocenters. The fourth-order valence-corrected chi connectivity index (χ4v) is 5.06. The van der Waals surface area contributed by atoms with Gasteiger partial charge >= 0.3 is 5.97 Å². The highest BCUT2D eigenvalue weighted by Crippen LogP contribution is 2.28. The highest BCUT2D eigenvalue weighted by Gasteiger charge is 2.28. The van der Waals surface area contributed by atoms with Crippen LogP contribution < -0.4 is 10.2 Å². The van der Waals surface area contributed by atoms with Crippen molar-refractivity contribution in [1.29, 1.82) is 0 Å². The largest absolute Gasteiger partial charge is 0.466 e. The van der Waals surface area contributed by atoms with E-state index in [1.165, 1.54) is 19.6 Å². The highest BCUT2D eigenvalue weighted by atomic mass is 16.5. The fraction of sp³-hybridized carbons (Fsp3) is 0.536. The Labute approximate surface area is 218 Å². The summed E-state index contributed by atoms with van der Waals surface area (Å²) in [5.74, 6) is 0.652. The number of methoxy groups -OCH3 is 2. The number of hydrogen-bond donors (Lipinski definition) is 1. The third-order valence-electron chi connectivity index (χ3n) is 7.25. The maximum absolute atomic E-state index is 13.6. The van der Waals surface area contributed by atoms with Gasteiger partial charge in [-0.25, -0.2) is 19.7 Å². The lowest BCUT2D eigenvalue weighted by Crippen LogP contribution is -2.37. The van der Waals surface area contributed by atoms with E-state index in [4.69, 9.17) is 4.74 Å². The summed E-state index contributed by atoms with van der Waals surface area (Å²) in [6.45, 7) is 0.931. The number of amides is 1. The van der Waals surface area contributed by atoms with Gasteiger partial charge in [-0.1, -0.05) is 19.3 Å². The number of hydrogen-bond acceptors (Lipinski definition) is 8. The van der Waals surface area contributed by atoms with Crippen LogP contribution in [0.15, 0.2) is 36.8 Å². The SMILES string of the molecule is COC(=O)/C=C/c1ccnc(N(Cc2ncc(CNC3CCC(OC)C3)cn2)C(=O)C2CCCCC2)c1. The van der Waals surface area contributed by atoms with Gasteiger partial charge in [-0.2, -0.15) is 0 Å². The monoisotopic (exact) mass is 507 g/mol. The molecule has 2 aliphatic carbocycles. The number of ether oxygens (including phenoxy) is 2. The first-order chi connectivity index (χ1) is 18.1. The number of anilines is 1. The lowest BCUT2D eigenvalue weighted by atomic mass is 9.88. The van der Waals surface area contributed by atoms with Crippen LogP contribution in [0.1, 0.15) is 68.3 Å². The van der Waals surface area contributed by atoms with Crippen molar-refractivity contribution < 1.29 is 19.1 Å². The highest BCUT2D eigenvalue weighted by molar-refractivity contribution is 5.94. The molecule has 2 aliphatic rings. The minimum atomic E-state index is -0.442. The summed E-state index contributed by atoms with van der Waals surface area (Å²) in [5, 5.41) is 3.57. The number of rotatable bonds is 10. The average Bonchev–Trinajstić information content (AvgIpc) is 3.42. The molecule has 2 fully saturated rings. The zero-order valence-electron chi connectivity index (χ0n) is 21.8. The van der Waals surface area contributed by atoms with Crippen LogP contribution in [-0.4, -0.2) is 53.2 Å². The molecule has 2 heterocycles. The average molecular weight is 508 g/mol. The third kappa shape index (κ3) is 7.66. The first-order valence-electron chi connectivity index (χ1n) is 13.1. The van der Waals surface area contributed by atoms with Gasteiger partial charge < -0.3 is 14.8 Å². The topological polar surface area (TPSA) is 107 Å². The van der Waals surface area contributed by atoms with E-state index in [0.29, 0.717) is 30.3 Å². The molecule has 2 atom stereocenters. The minimum absolute atomic E-state index is 0.0318. The Balaban J connectivity index is 1.47. The maximum atomic E-state index is 13.6. The van der Waals surface area contributed by atoms with Gasteiger partial charge in [0.1, 0.15) is 11.6 Å². The summed E-state index contributed by atoms with van der Waals surface area (Å²) in [4.78, 5) is 40.4. The van der Waals surface area contributed by atoms with Crippen molar-refractivity contribution >= 4 is 23.8 Å². The summed E-state index contributed by atoms with van der Waals surface area (Å²) in [5.41, 5.74) is 1.75. The molecule has 1 N–H and O–H groups in total. The molecule has 1 amide bonds. The van der Waals surface area contributed by atoms with E-state index in [1.54, 1.807) is 36.4 Å². The predicted molar refractivity (Wildman–Crippen MR) is 140 cm³/mol. The van der Waals surface area contributed by atoms with Crippen LogP contribution in [0.25, 0.3) is 6.08 Å². The molecule has 0 spiro atoms. The van der Waals surface area contributed by atoms with Crippen LogP contribution in [0.2, 0.25) is 0 Å². The van der Waals surface area contributed by atoms with Crippen LogP contribution >= 0.6 is 0 Å². The number of esters is 1. The zero-order valence-corrected chi connectivity index (χ0v) is 21.8. The minimum Gasteiger partial charge on any atom is -0.466 e. The molecule has 2 aromatic rings. The number of carbonyl (C=O) groups is 2. The number of carbonyl (C=O) groups excluding carboxylic acids is 2. The molecular formula is C28H37N5O4. The molecule has 0 aromatic carbocycles. The molecule has 4 rings (SSSR count). The molecule has 9 heteroatoms. The van der Waals surface area contributed by atoms with Crippen LogP contribution in [-0.2, 0) is 32.2 Å². The van der Waals surface area contributed by atoms with Crippen molar-refractivity contribution in [2.75, 3.05) is 19.1 Å². The van der Waals surface area contributed by atoms with Crippen molar-refractivity contribution in [1.82, 2.24) is 20.3 Å². The quantitative estimate of drug-likeness (QED) is 0.382. The maximum Gasteiger partial charge on any atom is 0.330 e. The number of pyridine rings is 1. The summed E-state index contributed by atoms with van der Waals surface area (Å²) < 4.78 is 10.1. The molecule has 2 saturated carbocycles. The van der Waals surface area contributed by atoms with Gasteiger partial charge in [0.15, 0.2) is 0 Å². The van der Waals surface area contributed by atoms with Crippen molar-refractivity contribution in [3.8, 4) is 0 Å². The van der Waals surface area contributed by atoms with Gasteiger partial charge in [0, 0.05) is 55.8 Å². The van der Waals surface area contributed by atoms with Crippen molar-refractivity contribution in [3.63, 3.8) is 0 Å². The van der Waals surface area contributed by atoms with Crippen molar-refractivity contribution in [3.05, 3.63) is 53.8 Å². The van der Waals surface area contributed by atoms with Gasteiger partial charge in [-0.3, -0.25) is 9.69 Å². The summed E-state index contributed by atoms with van der Waals surface area (Å²) >= 11 is 0. The van der Waals surface area contributed by atoms with E-state index in [9.17, 15) is 9.59 Å². The van der Waals surface area contributed by atoms with Gasteiger partial charge in [-0.05, 0) is 55.9 Å². The smallest absolute Gasteiger partial charge is 0.330 e. The van der Waals surface area contributed by atoms with Gasteiger partial charge in [0.2, 0.25) is 5.91 Å². The van der Waals surface area contributed by atoms with E-state index >= 15 is 0 Å². The van der Waals surface area contributed by atoms with E-state index in [1.807, 2.05) is 12.4 Å². The Kier molecular flexibility index (Phi) is 9.73. The second-order valence-electron chi connectivity index (χ2n) is 9.82. The summed E-state index contributed by atoms with van der Waals surface area (Å²) in [6.07, 6.45) is 16.9. The molecule has 198 valence electrons. The molecule has 0 saturated heterocycles.